The lowest BCUT2D eigenvalue weighted by Crippen LogP contribution is -2.19. The topological polar surface area (TPSA) is 65.1 Å². The van der Waals surface area contributed by atoms with Gasteiger partial charge in [-0.15, -0.1) is 0 Å². The number of aromatic nitrogens is 3. The van der Waals surface area contributed by atoms with Crippen LogP contribution in [0.3, 0.4) is 0 Å². The fourth-order valence-electron chi connectivity index (χ4n) is 1.86. The van der Waals surface area contributed by atoms with Gasteiger partial charge in [0, 0.05) is 32.8 Å². The lowest BCUT2D eigenvalue weighted by Gasteiger charge is -2.06. The van der Waals surface area contributed by atoms with Crippen molar-refractivity contribution < 1.29 is 9.15 Å². The average Bonchev–Trinajstić information content (AvgIpc) is 2.92. The number of rotatable bonds is 7. The van der Waals surface area contributed by atoms with E-state index >= 15 is 0 Å². The van der Waals surface area contributed by atoms with Gasteiger partial charge in [0.05, 0.1) is 18.0 Å². The molecule has 1 N–H and O–H groups in total. The number of ether oxygens (including phenoxy) is 1. The molecule has 7 heteroatoms. The van der Waals surface area contributed by atoms with E-state index in [1.54, 1.807) is 13.4 Å². The van der Waals surface area contributed by atoms with E-state index in [0.29, 0.717) is 11.8 Å². The van der Waals surface area contributed by atoms with Crippen molar-refractivity contribution in [3.05, 3.63) is 23.2 Å². The number of hydrogen-bond donors (Lipinski definition) is 1. The van der Waals surface area contributed by atoms with Crippen LogP contribution in [0.1, 0.15) is 17.0 Å². The van der Waals surface area contributed by atoms with E-state index in [1.807, 2.05) is 25.6 Å². The summed E-state index contributed by atoms with van der Waals surface area (Å²) < 4.78 is 12.3. The van der Waals surface area contributed by atoms with Crippen LogP contribution in [0.4, 0.5) is 0 Å². The highest BCUT2D eigenvalue weighted by molar-refractivity contribution is 7.99. The largest absolute Gasteiger partial charge is 0.439 e. The third-order valence-corrected chi connectivity index (χ3v) is 3.92. The molecule has 2 aromatic heterocycles. The lowest BCUT2D eigenvalue weighted by atomic mass is 10.2. The molecule has 2 heterocycles. The highest BCUT2D eigenvalue weighted by Gasteiger charge is 2.16. The predicted molar refractivity (Wildman–Crippen MR) is 76.9 cm³/mol. The summed E-state index contributed by atoms with van der Waals surface area (Å²) in [7, 11) is 3.63. The Labute approximate surface area is 122 Å². The molecule has 0 bridgehead atoms. The molecular formula is C13H20N4O2S. The molecule has 0 saturated heterocycles. The van der Waals surface area contributed by atoms with Gasteiger partial charge in [-0.3, -0.25) is 4.68 Å². The molecular weight excluding hydrogens is 276 g/mol. The maximum absolute atomic E-state index is 5.40. The van der Waals surface area contributed by atoms with Crippen molar-refractivity contribution in [2.45, 2.75) is 30.6 Å². The van der Waals surface area contributed by atoms with Gasteiger partial charge in [-0.2, -0.15) is 5.10 Å². The van der Waals surface area contributed by atoms with Crippen molar-refractivity contribution in [1.82, 2.24) is 20.1 Å². The van der Waals surface area contributed by atoms with E-state index in [2.05, 4.69) is 15.4 Å². The van der Waals surface area contributed by atoms with Crippen LogP contribution in [0.2, 0.25) is 0 Å². The van der Waals surface area contributed by atoms with Gasteiger partial charge >= 0.3 is 0 Å². The van der Waals surface area contributed by atoms with Crippen LogP contribution in [-0.2, 0) is 18.3 Å². The fraction of sp³-hybridized carbons (Fsp3) is 0.538. The lowest BCUT2D eigenvalue weighted by molar-refractivity contribution is 0.199. The Morgan fingerprint density at radius 2 is 2.25 bits per heavy atom. The van der Waals surface area contributed by atoms with Gasteiger partial charge in [-0.1, -0.05) is 0 Å². The minimum Gasteiger partial charge on any atom is -0.439 e. The maximum Gasteiger partial charge on any atom is 0.262 e. The van der Waals surface area contributed by atoms with Crippen LogP contribution in [0.5, 0.6) is 0 Å². The van der Waals surface area contributed by atoms with Crippen LogP contribution in [0.25, 0.3) is 0 Å². The van der Waals surface area contributed by atoms with Crippen molar-refractivity contribution in [1.29, 1.82) is 0 Å². The Hall–Kier alpha value is -1.31. The first-order valence-corrected chi connectivity index (χ1v) is 7.25. The SMILES string of the molecule is COCCNCc1c(C)nn(C)c1Sc1nc(C)co1. The molecule has 0 amide bonds. The summed E-state index contributed by atoms with van der Waals surface area (Å²) in [5.41, 5.74) is 3.07. The molecule has 6 nitrogen and oxygen atoms in total. The molecule has 110 valence electrons. The van der Waals surface area contributed by atoms with Gasteiger partial charge in [-0.25, -0.2) is 4.98 Å². The monoisotopic (exact) mass is 296 g/mol. The zero-order valence-corrected chi connectivity index (χ0v) is 13.1. The molecule has 0 spiro atoms. The molecule has 0 unspecified atom stereocenters. The Bertz CT molecular complexity index is 565. The maximum atomic E-state index is 5.40. The molecule has 0 atom stereocenters. The zero-order chi connectivity index (χ0) is 14.5. The van der Waals surface area contributed by atoms with Crippen LogP contribution in [0.15, 0.2) is 20.9 Å². The summed E-state index contributed by atoms with van der Waals surface area (Å²) in [6.07, 6.45) is 1.65. The van der Waals surface area contributed by atoms with Crippen molar-refractivity contribution in [3.8, 4) is 0 Å². The number of oxazole rings is 1. The summed E-state index contributed by atoms with van der Waals surface area (Å²) >= 11 is 1.50. The van der Waals surface area contributed by atoms with E-state index < -0.39 is 0 Å². The molecule has 0 aliphatic carbocycles. The molecule has 0 radical (unpaired) electrons. The van der Waals surface area contributed by atoms with Crippen molar-refractivity contribution in [2.75, 3.05) is 20.3 Å². The van der Waals surface area contributed by atoms with E-state index in [1.165, 1.54) is 17.3 Å². The van der Waals surface area contributed by atoms with Crippen LogP contribution in [-0.4, -0.2) is 35.0 Å². The third-order valence-electron chi connectivity index (χ3n) is 2.86. The summed E-state index contributed by atoms with van der Waals surface area (Å²) in [5.74, 6) is 0. The van der Waals surface area contributed by atoms with Gasteiger partial charge in [-0.05, 0) is 25.6 Å². The van der Waals surface area contributed by atoms with Gasteiger partial charge in [0.1, 0.15) is 11.3 Å². The van der Waals surface area contributed by atoms with Gasteiger partial charge in [0.2, 0.25) is 0 Å². The highest BCUT2D eigenvalue weighted by Crippen LogP contribution is 2.31. The number of aryl methyl sites for hydroxylation is 3. The average molecular weight is 296 g/mol. The third kappa shape index (κ3) is 3.62. The Morgan fingerprint density at radius 3 is 2.90 bits per heavy atom. The second-order valence-corrected chi connectivity index (χ2v) is 5.46. The molecule has 0 saturated carbocycles. The molecule has 2 aromatic rings. The van der Waals surface area contributed by atoms with Crippen molar-refractivity contribution >= 4 is 11.8 Å². The smallest absolute Gasteiger partial charge is 0.262 e. The first kappa shape index (κ1) is 15.1. The summed E-state index contributed by atoms with van der Waals surface area (Å²) in [6, 6.07) is 0. The van der Waals surface area contributed by atoms with Crippen LogP contribution < -0.4 is 5.32 Å². The minimum absolute atomic E-state index is 0.642. The second-order valence-electron chi connectivity index (χ2n) is 4.52. The fourth-order valence-corrected chi connectivity index (χ4v) is 2.83. The molecule has 0 aliphatic rings. The highest BCUT2D eigenvalue weighted by atomic mass is 32.2. The predicted octanol–water partition coefficient (Wildman–Crippen LogP) is 1.91. The molecule has 0 fully saturated rings. The van der Waals surface area contributed by atoms with Crippen LogP contribution in [0, 0.1) is 13.8 Å². The van der Waals surface area contributed by atoms with Crippen molar-refractivity contribution in [3.63, 3.8) is 0 Å². The minimum atomic E-state index is 0.642. The van der Waals surface area contributed by atoms with E-state index in [-0.39, 0.29) is 0 Å². The molecule has 20 heavy (non-hydrogen) atoms. The van der Waals surface area contributed by atoms with Gasteiger partial charge < -0.3 is 14.5 Å². The summed E-state index contributed by atoms with van der Waals surface area (Å²) in [4.78, 5) is 4.32. The standard InChI is InChI=1S/C13H20N4O2S/c1-9-8-19-13(15-9)20-12-11(7-14-5-6-18-4)10(2)16-17(12)3/h8,14H,5-7H2,1-4H3. The number of nitrogens with one attached hydrogen (secondary N) is 1. The molecule has 2 rings (SSSR count). The first-order chi connectivity index (χ1) is 9.61. The van der Waals surface area contributed by atoms with Crippen molar-refractivity contribution in [2.24, 2.45) is 7.05 Å². The molecule has 0 aliphatic heterocycles. The zero-order valence-electron chi connectivity index (χ0n) is 12.3. The number of methoxy groups -OCH3 is 1. The summed E-state index contributed by atoms with van der Waals surface area (Å²) in [5, 5.41) is 9.51. The normalized spacial score (nSPS) is 11.2. The number of nitrogens with zero attached hydrogens (tertiary/aromatic N) is 3. The van der Waals surface area contributed by atoms with Gasteiger partial charge in [0.25, 0.3) is 5.22 Å². The Kier molecular flexibility index (Phi) is 5.22. The molecule has 0 aromatic carbocycles. The quantitative estimate of drug-likeness (QED) is 0.787. The number of hydrogen-bond acceptors (Lipinski definition) is 6. The Morgan fingerprint density at radius 1 is 1.45 bits per heavy atom. The van der Waals surface area contributed by atoms with E-state index in [0.717, 1.165) is 29.5 Å². The summed E-state index contributed by atoms with van der Waals surface area (Å²) in [6.45, 7) is 6.19. The van der Waals surface area contributed by atoms with E-state index in [9.17, 15) is 0 Å². The van der Waals surface area contributed by atoms with Crippen LogP contribution >= 0.6 is 11.8 Å². The van der Waals surface area contributed by atoms with Gasteiger partial charge in [0.15, 0.2) is 0 Å². The Balaban J connectivity index is 2.10. The first-order valence-electron chi connectivity index (χ1n) is 6.44. The second kappa shape index (κ2) is 6.92. The van der Waals surface area contributed by atoms with E-state index in [4.69, 9.17) is 9.15 Å².